The summed E-state index contributed by atoms with van der Waals surface area (Å²) in [5.74, 6) is 0.361. The molecule has 0 spiro atoms. The maximum absolute atomic E-state index is 4.31. The Bertz CT molecular complexity index is 547. The molecule has 0 aliphatic carbocycles. The highest BCUT2D eigenvalue weighted by Gasteiger charge is 2.25. The fourth-order valence-corrected chi connectivity index (χ4v) is 3.20. The molecule has 0 saturated carbocycles. The average molecular weight is 308 g/mol. The van der Waals surface area contributed by atoms with Gasteiger partial charge in [-0.25, -0.2) is 4.68 Å². The molecule has 2 heterocycles. The van der Waals surface area contributed by atoms with Gasteiger partial charge in [0.2, 0.25) is 0 Å². The predicted octanol–water partition coefficient (Wildman–Crippen LogP) is 2.75. The summed E-state index contributed by atoms with van der Waals surface area (Å²) in [5.41, 5.74) is 2.16. The molecule has 2 rings (SSSR count). The molecule has 0 fully saturated rings. The minimum Gasteiger partial charge on any atom is -0.304 e. The summed E-state index contributed by atoms with van der Waals surface area (Å²) in [6.45, 7) is 10.4. The van der Waals surface area contributed by atoms with Gasteiger partial charge in [0, 0.05) is 6.54 Å². The smallest absolute Gasteiger partial charge is 0.0893 e. The lowest BCUT2D eigenvalue weighted by Crippen LogP contribution is -2.26. The van der Waals surface area contributed by atoms with Crippen molar-refractivity contribution in [3.63, 3.8) is 0 Å². The van der Waals surface area contributed by atoms with Crippen LogP contribution in [-0.2, 0) is 6.54 Å². The highest BCUT2D eigenvalue weighted by molar-refractivity contribution is 7.05. The standard InChI is InChI=1S/C14H24N6S/c1-5-7-15-13(11-9-16-18-20(11)8-6-2)14-12(10(3)4)17-19-21-14/h9-10,13,15H,5-8H2,1-4H3. The maximum atomic E-state index is 4.31. The molecule has 0 aliphatic rings. The number of nitrogens with zero attached hydrogens (tertiary/aromatic N) is 5. The Morgan fingerprint density at radius 2 is 2.10 bits per heavy atom. The third-order valence-electron chi connectivity index (χ3n) is 3.33. The zero-order valence-electron chi connectivity index (χ0n) is 13.2. The SMILES string of the molecule is CCCNC(c1snnc1C(C)C)c1cnnn1CCC. The van der Waals surface area contributed by atoms with Gasteiger partial charge < -0.3 is 5.32 Å². The Balaban J connectivity index is 2.37. The molecule has 0 bridgehead atoms. The van der Waals surface area contributed by atoms with Crippen molar-refractivity contribution in [2.75, 3.05) is 6.54 Å². The van der Waals surface area contributed by atoms with Gasteiger partial charge in [0.25, 0.3) is 0 Å². The van der Waals surface area contributed by atoms with Crippen molar-refractivity contribution < 1.29 is 0 Å². The first kappa shape index (κ1) is 16.0. The third-order valence-corrected chi connectivity index (χ3v) is 4.13. The van der Waals surface area contributed by atoms with E-state index in [1.54, 1.807) is 0 Å². The van der Waals surface area contributed by atoms with E-state index in [9.17, 15) is 0 Å². The van der Waals surface area contributed by atoms with Gasteiger partial charge in [-0.15, -0.1) is 10.2 Å². The zero-order valence-corrected chi connectivity index (χ0v) is 14.0. The van der Waals surface area contributed by atoms with Crippen LogP contribution in [0, 0.1) is 0 Å². The van der Waals surface area contributed by atoms with Crippen LogP contribution < -0.4 is 5.32 Å². The topological polar surface area (TPSA) is 68.5 Å². The van der Waals surface area contributed by atoms with E-state index in [2.05, 4.69) is 52.9 Å². The van der Waals surface area contributed by atoms with Crippen molar-refractivity contribution in [2.24, 2.45) is 0 Å². The van der Waals surface area contributed by atoms with Gasteiger partial charge >= 0.3 is 0 Å². The molecule has 0 amide bonds. The fourth-order valence-electron chi connectivity index (χ4n) is 2.30. The van der Waals surface area contributed by atoms with E-state index in [1.165, 1.54) is 16.4 Å². The Morgan fingerprint density at radius 1 is 1.29 bits per heavy atom. The van der Waals surface area contributed by atoms with E-state index in [4.69, 9.17) is 0 Å². The van der Waals surface area contributed by atoms with E-state index in [-0.39, 0.29) is 6.04 Å². The van der Waals surface area contributed by atoms with Crippen LogP contribution in [0.4, 0.5) is 0 Å². The molecule has 21 heavy (non-hydrogen) atoms. The Morgan fingerprint density at radius 3 is 2.76 bits per heavy atom. The number of nitrogens with one attached hydrogen (secondary N) is 1. The minimum absolute atomic E-state index is 0.0731. The second kappa shape index (κ2) is 7.61. The van der Waals surface area contributed by atoms with Gasteiger partial charge in [-0.1, -0.05) is 37.4 Å². The molecule has 0 radical (unpaired) electrons. The Labute approximate surface area is 130 Å². The second-order valence-corrected chi connectivity index (χ2v) is 6.23. The van der Waals surface area contributed by atoms with Crippen molar-refractivity contribution in [3.05, 3.63) is 22.5 Å². The summed E-state index contributed by atoms with van der Waals surface area (Å²) >= 11 is 1.47. The summed E-state index contributed by atoms with van der Waals surface area (Å²) < 4.78 is 6.14. The quantitative estimate of drug-likeness (QED) is 0.812. The predicted molar refractivity (Wildman–Crippen MR) is 84.4 cm³/mol. The molecule has 0 saturated heterocycles. The lowest BCUT2D eigenvalue weighted by molar-refractivity contribution is 0.504. The zero-order chi connectivity index (χ0) is 15.2. The van der Waals surface area contributed by atoms with Crippen molar-refractivity contribution in [1.82, 2.24) is 29.9 Å². The maximum Gasteiger partial charge on any atom is 0.0893 e. The number of rotatable bonds is 8. The van der Waals surface area contributed by atoms with Crippen molar-refractivity contribution in [3.8, 4) is 0 Å². The number of hydrogen-bond acceptors (Lipinski definition) is 6. The molecular formula is C14H24N6S. The average Bonchev–Trinajstić information content (AvgIpc) is 3.10. The second-order valence-electron chi connectivity index (χ2n) is 5.45. The van der Waals surface area contributed by atoms with Crippen molar-refractivity contribution >= 4 is 11.5 Å². The molecule has 2 aromatic heterocycles. The summed E-state index contributed by atoms with van der Waals surface area (Å²) in [6, 6.07) is 0.0731. The lowest BCUT2D eigenvalue weighted by Gasteiger charge is -2.19. The molecular weight excluding hydrogens is 284 g/mol. The van der Waals surface area contributed by atoms with Crippen LogP contribution in [0.2, 0.25) is 0 Å². The molecule has 116 valence electrons. The Hall–Kier alpha value is -1.34. The van der Waals surface area contributed by atoms with Crippen LogP contribution in [0.5, 0.6) is 0 Å². The van der Waals surface area contributed by atoms with Gasteiger partial charge in [0.15, 0.2) is 0 Å². The first-order valence-corrected chi connectivity index (χ1v) is 8.40. The number of aromatic nitrogens is 5. The van der Waals surface area contributed by atoms with E-state index >= 15 is 0 Å². The van der Waals surface area contributed by atoms with E-state index in [0.29, 0.717) is 5.92 Å². The molecule has 0 aliphatic heterocycles. The van der Waals surface area contributed by atoms with Crippen molar-refractivity contribution in [2.45, 2.75) is 59.0 Å². The number of aryl methyl sites for hydroxylation is 1. The summed E-state index contributed by atoms with van der Waals surface area (Å²) in [7, 11) is 0. The monoisotopic (exact) mass is 308 g/mol. The van der Waals surface area contributed by atoms with Gasteiger partial charge in [-0.2, -0.15) is 0 Å². The molecule has 1 N–H and O–H groups in total. The molecule has 1 atom stereocenters. The molecule has 7 heteroatoms. The number of hydrogen-bond donors (Lipinski definition) is 1. The third kappa shape index (κ3) is 3.65. The van der Waals surface area contributed by atoms with Gasteiger partial charge in [-0.3, -0.25) is 0 Å². The van der Waals surface area contributed by atoms with Crippen LogP contribution in [0.15, 0.2) is 6.20 Å². The first-order valence-electron chi connectivity index (χ1n) is 7.62. The summed E-state index contributed by atoms with van der Waals surface area (Å²) in [4.78, 5) is 1.18. The Kier molecular flexibility index (Phi) is 5.81. The van der Waals surface area contributed by atoms with Crippen LogP contribution in [0.3, 0.4) is 0 Å². The van der Waals surface area contributed by atoms with Crippen molar-refractivity contribution in [1.29, 1.82) is 0 Å². The van der Waals surface area contributed by atoms with Crippen LogP contribution in [0.1, 0.15) is 68.8 Å². The van der Waals surface area contributed by atoms with E-state index in [1.807, 2.05) is 10.9 Å². The molecule has 2 aromatic rings. The minimum atomic E-state index is 0.0731. The molecule has 6 nitrogen and oxygen atoms in total. The van der Waals surface area contributed by atoms with Gasteiger partial charge in [0.05, 0.1) is 28.5 Å². The first-order chi connectivity index (χ1) is 10.2. The van der Waals surface area contributed by atoms with Gasteiger partial charge in [-0.05, 0) is 36.8 Å². The molecule has 1 unspecified atom stereocenters. The summed E-state index contributed by atoms with van der Waals surface area (Å²) in [6.07, 6.45) is 3.97. The fraction of sp³-hybridized carbons (Fsp3) is 0.714. The largest absolute Gasteiger partial charge is 0.304 e. The highest BCUT2D eigenvalue weighted by atomic mass is 32.1. The van der Waals surface area contributed by atoms with Crippen LogP contribution >= 0.6 is 11.5 Å². The molecule has 0 aromatic carbocycles. The van der Waals surface area contributed by atoms with E-state index < -0.39 is 0 Å². The normalized spacial score (nSPS) is 13.0. The highest BCUT2D eigenvalue weighted by Crippen LogP contribution is 2.30. The lowest BCUT2D eigenvalue weighted by atomic mass is 10.0. The summed E-state index contributed by atoms with van der Waals surface area (Å²) in [5, 5.41) is 16.2. The van der Waals surface area contributed by atoms with Crippen LogP contribution in [0.25, 0.3) is 0 Å². The van der Waals surface area contributed by atoms with Gasteiger partial charge in [0.1, 0.15) is 0 Å². The van der Waals surface area contributed by atoms with Crippen LogP contribution in [-0.4, -0.2) is 31.1 Å². The van der Waals surface area contributed by atoms with E-state index in [0.717, 1.165) is 37.3 Å².